The van der Waals surface area contributed by atoms with Crippen LogP contribution in [0, 0.1) is 12.3 Å². The smallest absolute Gasteiger partial charge is 0.292 e. The van der Waals surface area contributed by atoms with Gasteiger partial charge in [0.2, 0.25) is 11.7 Å². The first kappa shape index (κ1) is 19.3. The number of carbonyl (C=O) groups is 2. The zero-order chi connectivity index (χ0) is 21.2. The van der Waals surface area contributed by atoms with E-state index in [1.807, 2.05) is 25.1 Å². The lowest BCUT2D eigenvalue weighted by molar-refractivity contribution is -0.132. The van der Waals surface area contributed by atoms with Gasteiger partial charge in [0.15, 0.2) is 0 Å². The van der Waals surface area contributed by atoms with Crippen LogP contribution in [0.5, 0.6) is 0 Å². The second-order valence-electron chi connectivity index (χ2n) is 9.44. The van der Waals surface area contributed by atoms with E-state index in [1.165, 1.54) is 0 Å². The summed E-state index contributed by atoms with van der Waals surface area (Å²) in [5.41, 5.74) is 2.27. The van der Waals surface area contributed by atoms with Crippen LogP contribution in [-0.4, -0.2) is 61.2 Å². The summed E-state index contributed by atoms with van der Waals surface area (Å²) in [6.07, 6.45) is 7.03. The summed E-state index contributed by atoms with van der Waals surface area (Å²) in [6.45, 7) is 6.41. The van der Waals surface area contributed by atoms with Crippen molar-refractivity contribution in [1.29, 1.82) is 0 Å². The van der Waals surface area contributed by atoms with Gasteiger partial charge in [0.1, 0.15) is 5.69 Å². The summed E-state index contributed by atoms with van der Waals surface area (Å²) < 4.78 is 7.23. The van der Waals surface area contributed by atoms with E-state index >= 15 is 0 Å². The van der Waals surface area contributed by atoms with Gasteiger partial charge in [-0.05, 0) is 26.2 Å². The van der Waals surface area contributed by atoms with Gasteiger partial charge < -0.3 is 14.3 Å². The Kier molecular flexibility index (Phi) is 4.31. The molecule has 8 nitrogen and oxygen atoms in total. The van der Waals surface area contributed by atoms with Gasteiger partial charge in [0.05, 0.1) is 11.7 Å². The van der Waals surface area contributed by atoms with Crippen molar-refractivity contribution >= 4 is 11.8 Å². The lowest BCUT2D eigenvalue weighted by Gasteiger charge is -2.46. The molecule has 2 bridgehead atoms. The number of hydrogen-bond donors (Lipinski definition) is 0. The van der Waals surface area contributed by atoms with Crippen molar-refractivity contribution in [3.8, 4) is 11.3 Å². The van der Waals surface area contributed by atoms with Gasteiger partial charge in [-0.25, -0.2) is 0 Å². The van der Waals surface area contributed by atoms with Crippen molar-refractivity contribution in [3.63, 3.8) is 0 Å². The van der Waals surface area contributed by atoms with E-state index in [1.54, 1.807) is 17.7 Å². The first-order valence-corrected chi connectivity index (χ1v) is 10.9. The summed E-state index contributed by atoms with van der Waals surface area (Å²) in [5.74, 6) is 0.258. The van der Waals surface area contributed by atoms with Gasteiger partial charge in [-0.2, -0.15) is 5.10 Å². The standard InChI is InChI=1S/C22H29N5O3/c1-13-16(12-25(4)23-13)17-9-18(30-24-17)21(29)26-11-15-10-22(3)19(26)7-5-6-8-20(22)27(15)14(2)28/h9,12,15,19-20H,5-8,10-11H2,1-4H3/t15-,19+,20-,22+/m0/s1. The van der Waals surface area contributed by atoms with E-state index in [9.17, 15) is 9.59 Å². The number of aryl methyl sites for hydroxylation is 2. The molecule has 0 radical (unpaired) electrons. The Balaban J connectivity index is 1.48. The third kappa shape index (κ3) is 2.72. The van der Waals surface area contributed by atoms with Gasteiger partial charge in [-0.1, -0.05) is 24.9 Å². The Morgan fingerprint density at radius 2 is 1.97 bits per heavy atom. The Bertz CT molecular complexity index is 1010. The number of nitrogens with zero attached hydrogens (tertiary/aromatic N) is 5. The Morgan fingerprint density at radius 1 is 1.23 bits per heavy atom. The summed E-state index contributed by atoms with van der Waals surface area (Å²) in [7, 11) is 1.86. The van der Waals surface area contributed by atoms with Crippen molar-refractivity contribution < 1.29 is 14.1 Å². The number of carbonyl (C=O) groups excluding carboxylic acids is 2. The molecule has 2 aliphatic heterocycles. The SMILES string of the molecule is CC(=O)N1[C@@H]2CN(C(=O)c3cc(-c4cn(C)nc4C)no3)[C@@H]3CCCC[C@H]1[C@]3(C)C2. The normalized spacial score (nSPS) is 30.5. The molecule has 3 fully saturated rings. The average Bonchev–Trinajstić information content (AvgIpc) is 3.32. The highest BCUT2D eigenvalue weighted by molar-refractivity contribution is 5.93. The van der Waals surface area contributed by atoms with Crippen LogP contribution in [0.2, 0.25) is 0 Å². The molecule has 2 aromatic rings. The van der Waals surface area contributed by atoms with Crippen LogP contribution in [0.15, 0.2) is 16.8 Å². The van der Waals surface area contributed by atoms with Gasteiger partial charge in [0.25, 0.3) is 5.91 Å². The Hall–Kier alpha value is -2.64. The molecule has 30 heavy (non-hydrogen) atoms. The summed E-state index contributed by atoms with van der Waals surface area (Å²) >= 11 is 0. The first-order valence-electron chi connectivity index (χ1n) is 10.9. The largest absolute Gasteiger partial charge is 0.350 e. The molecule has 0 aromatic carbocycles. The van der Waals surface area contributed by atoms with Gasteiger partial charge in [-0.15, -0.1) is 0 Å². The van der Waals surface area contributed by atoms with E-state index in [0.717, 1.165) is 43.4 Å². The van der Waals surface area contributed by atoms with Crippen LogP contribution in [0.3, 0.4) is 0 Å². The van der Waals surface area contributed by atoms with Crippen LogP contribution in [0.4, 0.5) is 0 Å². The van der Waals surface area contributed by atoms with Crippen molar-refractivity contribution in [1.82, 2.24) is 24.7 Å². The monoisotopic (exact) mass is 411 g/mol. The molecule has 160 valence electrons. The zero-order valence-corrected chi connectivity index (χ0v) is 18.1. The third-order valence-electron chi connectivity index (χ3n) is 7.55. The summed E-state index contributed by atoms with van der Waals surface area (Å²) in [5, 5.41) is 8.50. The minimum absolute atomic E-state index is 0.0659. The van der Waals surface area contributed by atoms with Crippen LogP contribution in [0.1, 0.15) is 62.2 Å². The van der Waals surface area contributed by atoms with Crippen molar-refractivity contribution in [3.05, 3.63) is 23.7 Å². The molecule has 0 N–H and O–H groups in total. The van der Waals surface area contributed by atoms with Crippen LogP contribution < -0.4 is 0 Å². The quantitative estimate of drug-likeness (QED) is 0.759. The molecule has 4 heterocycles. The van der Waals surface area contributed by atoms with E-state index in [4.69, 9.17) is 4.52 Å². The maximum absolute atomic E-state index is 13.6. The molecule has 2 aromatic heterocycles. The molecule has 2 amide bonds. The highest BCUT2D eigenvalue weighted by Gasteiger charge is 2.60. The third-order valence-corrected chi connectivity index (χ3v) is 7.55. The predicted molar refractivity (Wildman–Crippen MR) is 110 cm³/mol. The maximum atomic E-state index is 13.6. The first-order chi connectivity index (χ1) is 14.3. The zero-order valence-electron chi connectivity index (χ0n) is 18.1. The number of aromatic nitrogens is 3. The van der Waals surface area contributed by atoms with Crippen LogP contribution in [0.25, 0.3) is 11.3 Å². The van der Waals surface area contributed by atoms with E-state index in [2.05, 4.69) is 22.1 Å². The molecule has 1 aliphatic carbocycles. The number of fused-ring (bicyclic) bond motifs is 1. The van der Waals surface area contributed by atoms with Crippen molar-refractivity contribution in [2.75, 3.05) is 6.54 Å². The fraction of sp³-hybridized carbons (Fsp3) is 0.636. The topological polar surface area (TPSA) is 84.5 Å². The van der Waals surface area contributed by atoms with Gasteiger partial charge in [0, 0.05) is 55.8 Å². The highest BCUT2D eigenvalue weighted by atomic mass is 16.5. The molecule has 1 saturated carbocycles. The Morgan fingerprint density at radius 3 is 2.63 bits per heavy atom. The second-order valence-corrected chi connectivity index (χ2v) is 9.44. The maximum Gasteiger partial charge on any atom is 0.292 e. The highest BCUT2D eigenvalue weighted by Crippen LogP contribution is 2.53. The average molecular weight is 412 g/mol. The summed E-state index contributed by atoms with van der Waals surface area (Å²) in [4.78, 5) is 30.1. The number of amides is 2. The molecule has 0 spiro atoms. The predicted octanol–water partition coefficient (Wildman–Crippen LogP) is 2.78. The molecule has 8 heteroatoms. The molecular weight excluding hydrogens is 382 g/mol. The number of rotatable bonds is 2. The molecule has 0 unspecified atom stereocenters. The van der Waals surface area contributed by atoms with Crippen LogP contribution in [-0.2, 0) is 11.8 Å². The van der Waals surface area contributed by atoms with Crippen molar-refractivity contribution in [2.45, 2.75) is 71.0 Å². The fourth-order valence-corrected chi connectivity index (χ4v) is 6.36. The number of piperidine rings is 1. The second kappa shape index (κ2) is 6.68. The van der Waals surface area contributed by atoms with Gasteiger partial charge in [-0.3, -0.25) is 14.3 Å². The van der Waals surface area contributed by atoms with E-state index < -0.39 is 0 Å². The fourth-order valence-electron chi connectivity index (χ4n) is 6.36. The molecule has 4 atom stereocenters. The minimum Gasteiger partial charge on any atom is -0.350 e. The van der Waals surface area contributed by atoms with E-state index in [0.29, 0.717) is 12.2 Å². The summed E-state index contributed by atoms with van der Waals surface area (Å²) in [6, 6.07) is 2.14. The molecule has 2 saturated heterocycles. The lowest BCUT2D eigenvalue weighted by Crippen LogP contribution is -2.55. The van der Waals surface area contributed by atoms with E-state index in [-0.39, 0.29) is 41.1 Å². The number of hydrogen-bond acceptors (Lipinski definition) is 5. The van der Waals surface area contributed by atoms with Crippen LogP contribution >= 0.6 is 0 Å². The van der Waals surface area contributed by atoms with Gasteiger partial charge >= 0.3 is 0 Å². The molecule has 3 aliphatic rings. The molecular formula is C22H29N5O3. The Labute approximate surface area is 176 Å². The molecule has 5 rings (SSSR count). The van der Waals surface area contributed by atoms with Crippen molar-refractivity contribution in [2.24, 2.45) is 12.5 Å². The lowest BCUT2D eigenvalue weighted by atomic mass is 9.71. The minimum atomic E-state index is -0.123. The number of likely N-dealkylation sites (tertiary alicyclic amines) is 2.